The standard InChI is InChI=1S/C50H31N5/c1-52-45-22-13-14-36(33-51)50(45)55-48-28-25-35(34-24-27-47-42(30-34)41-21-11-12-23-46(41)54(47)39-19-9-4-10-20-39)31-43(48)44-32-40(26-29-49(44)55)53(37-15-5-2-6-16-37)38-17-7-3-8-18-38/h2-32H. The lowest BCUT2D eigenvalue weighted by atomic mass is 10.0. The number of anilines is 3. The molecular formula is C50H31N5. The summed E-state index contributed by atoms with van der Waals surface area (Å²) < 4.78 is 4.43. The van der Waals surface area contributed by atoms with Crippen molar-refractivity contribution < 1.29 is 0 Å². The normalized spacial score (nSPS) is 11.2. The van der Waals surface area contributed by atoms with E-state index in [0.29, 0.717) is 16.9 Å². The molecule has 10 rings (SSSR count). The van der Waals surface area contributed by atoms with Crippen LogP contribution in [-0.2, 0) is 0 Å². The molecule has 2 aromatic heterocycles. The Balaban J connectivity index is 1.23. The van der Waals surface area contributed by atoms with Crippen molar-refractivity contribution in [2.24, 2.45) is 0 Å². The van der Waals surface area contributed by atoms with Gasteiger partial charge in [0.05, 0.1) is 46.0 Å². The highest BCUT2D eigenvalue weighted by atomic mass is 15.1. The van der Waals surface area contributed by atoms with Gasteiger partial charge in [0, 0.05) is 44.3 Å². The predicted octanol–water partition coefficient (Wildman–Crippen LogP) is 13.4. The minimum atomic E-state index is 0.432. The fourth-order valence-electron chi connectivity index (χ4n) is 8.13. The second-order valence-electron chi connectivity index (χ2n) is 13.6. The van der Waals surface area contributed by atoms with E-state index in [-0.39, 0.29) is 0 Å². The molecule has 0 fully saturated rings. The molecule has 0 aliphatic rings. The lowest BCUT2D eigenvalue weighted by Gasteiger charge is -2.25. The van der Waals surface area contributed by atoms with Crippen LogP contribution in [0.3, 0.4) is 0 Å². The second kappa shape index (κ2) is 13.0. The van der Waals surface area contributed by atoms with Crippen LogP contribution in [0.5, 0.6) is 0 Å². The number of rotatable bonds is 6. The maximum Gasteiger partial charge on any atom is 0.211 e. The summed E-state index contributed by atoms with van der Waals surface area (Å²) >= 11 is 0. The van der Waals surface area contributed by atoms with Crippen molar-refractivity contribution >= 4 is 66.4 Å². The SMILES string of the molecule is [C-]#[N+]c1cccc(C#N)c1-n1c2ccc(-c3ccc4c(c3)c3ccccc3n4-c3ccccc3)cc2c2cc(N(c3ccccc3)c3ccccc3)ccc21. The first-order valence-electron chi connectivity index (χ1n) is 18.2. The summed E-state index contributed by atoms with van der Waals surface area (Å²) in [5.41, 5.74) is 12.1. The Morgan fingerprint density at radius 3 is 1.62 bits per heavy atom. The molecule has 0 N–H and O–H groups in total. The van der Waals surface area contributed by atoms with Gasteiger partial charge in [-0.15, -0.1) is 0 Å². The Bertz CT molecular complexity index is 3090. The largest absolute Gasteiger partial charge is 0.318 e. The molecule has 55 heavy (non-hydrogen) atoms. The van der Waals surface area contributed by atoms with Gasteiger partial charge in [-0.25, -0.2) is 4.85 Å². The highest BCUT2D eigenvalue weighted by molar-refractivity contribution is 6.14. The van der Waals surface area contributed by atoms with Crippen molar-refractivity contribution in [3.8, 4) is 28.6 Å². The summed E-state index contributed by atoms with van der Waals surface area (Å²) in [6, 6.07) is 67.4. The zero-order valence-corrected chi connectivity index (χ0v) is 29.6. The number of para-hydroxylation sites is 5. The minimum Gasteiger partial charge on any atom is -0.318 e. The zero-order chi connectivity index (χ0) is 36.9. The highest BCUT2D eigenvalue weighted by Crippen LogP contribution is 2.43. The van der Waals surface area contributed by atoms with Crippen molar-refractivity contribution in [2.45, 2.75) is 0 Å². The third kappa shape index (κ3) is 5.15. The summed E-state index contributed by atoms with van der Waals surface area (Å²) in [4.78, 5) is 6.15. The Kier molecular flexibility index (Phi) is 7.51. The fraction of sp³-hybridized carbons (Fsp3) is 0. The maximum absolute atomic E-state index is 10.3. The van der Waals surface area contributed by atoms with Crippen LogP contribution in [-0.4, -0.2) is 9.13 Å². The molecule has 5 nitrogen and oxygen atoms in total. The summed E-state index contributed by atoms with van der Waals surface area (Å²) in [7, 11) is 0. The number of nitriles is 1. The molecule has 0 aliphatic heterocycles. The molecule has 0 aliphatic carbocycles. The third-order valence-electron chi connectivity index (χ3n) is 10.5. The summed E-state index contributed by atoms with van der Waals surface area (Å²) in [5.74, 6) is 0. The number of hydrogen-bond acceptors (Lipinski definition) is 2. The first-order valence-corrected chi connectivity index (χ1v) is 18.2. The van der Waals surface area contributed by atoms with Gasteiger partial charge < -0.3 is 14.0 Å². The quantitative estimate of drug-likeness (QED) is 0.162. The van der Waals surface area contributed by atoms with E-state index in [4.69, 9.17) is 6.57 Å². The molecule has 0 saturated heterocycles. The first kappa shape index (κ1) is 31.8. The van der Waals surface area contributed by atoms with E-state index < -0.39 is 0 Å². The number of benzene rings is 8. The van der Waals surface area contributed by atoms with Crippen molar-refractivity contribution in [2.75, 3.05) is 4.90 Å². The van der Waals surface area contributed by atoms with E-state index in [2.05, 4.69) is 177 Å². The molecule has 0 unspecified atom stereocenters. The van der Waals surface area contributed by atoms with Gasteiger partial charge in [0.15, 0.2) is 0 Å². The molecule has 8 aromatic carbocycles. The van der Waals surface area contributed by atoms with Crippen LogP contribution in [0.1, 0.15) is 5.56 Å². The monoisotopic (exact) mass is 701 g/mol. The highest BCUT2D eigenvalue weighted by Gasteiger charge is 2.21. The van der Waals surface area contributed by atoms with Gasteiger partial charge in [0.1, 0.15) is 0 Å². The van der Waals surface area contributed by atoms with Gasteiger partial charge in [0.2, 0.25) is 5.69 Å². The van der Waals surface area contributed by atoms with E-state index in [0.717, 1.165) is 61.2 Å². The zero-order valence-electron chi connectivity index (χ0n) is 29.6. The Labute approximate surface area is 318 Å². The van der Waals surface area contributed by atoms with Crippen molar-refractivity contribution in [1.82, 2.24) is 9.13 Å². The molecule has 2 heterocycles. The van der Waals surface area contributed by atoms with Crippen molar-refractivity contribution in [3.05, 3.63) is 205 Å². The number of hydrogen-bond donors (Lipinski definition) is 0. The Hall–Kier alpha value is -7.86. The Morgan fingerprint density at radius 2 is 0.982 bits per heavy atom. The Morgan fingerprint density at radius 1 is 0.455 bits per heavy atom. The fourth-order valence-corrected chi connectivity index (χ4v) is 8.13. The van der Waals surface area contributed by atoms with E-state index in [9.17, 15) is 5.26 Å². The summed E-state index contributed by atoms with van der Waals surface area (Å²) in [6.45, 7) is 8.08. The molecule has 0 bridgehead atoms. The summed E-state index contributed by atoms with van der Waals surface area (Å²) in [5, 5.41) is 14.8. The van der Waals surface area contributed by atoms with Gasteiger partial charge in [-0.1, -0.05) is 97.1 Å². The molecule has 5 heteroatoms. The summed E-state index contributed by atoms with van der Waals surface area (Å²) in [6.07, 6.45) is 0. The third-order valence-corrected chi connectivity index (χ3v) is 10.5. The van der Waals surface area contributed by atoms with E-state index in [1.54, 1.807) is 18.2 Å². The molecule has 0 amide bonds. The minimum absolute atomic E-state index is 0.432. The number of aromatic nitrogens is 2. The lowest BCUT2D eigenvalue weighted by Crippen LogP contribution is -2.09. The van der Waals surface area contributed by atoms with Crippen LogP contribution >= 0.6 is 0 Å². The molecule has 0 radical (unpaired) electrons. The van der Waals surface area contributed by atoms with Gasteiger partial charge in [-0.05, 0) is 102 Å². The van der Waals surface area contributed by atoms with Crippen LogP contribution in [0.15, 0.2) is 188 Å². The van der Waals surface area contributed by atoms with Crippen LogP contribution < -0.4 is 4.90 Å². The van der Waals surface area contributed by atoms with Gasteiger partial charge in [-0.2, -0.15) is 5.26 Å². The predicted molar refractivity (Wildman–Crippen MR) is 226 cm³/mol. The first-order chi connectivity index (χ1) is 27.2. The molecule has 0 atom stereocenters. The smallest absolute Gasteiger partial charge is 0.211 e. The second-order valence-corrected chi connectivity index (χ2v) is 13.6. The molecule has 10 aromatic rings. The van der Waals surface area contributed by atoms with Crippen LogP contribution in [0, 0.1) is 17.9 Å². The molecule has 256 valence electrons. The van der Waals surface area contributed by atoms with Crippen LogP contribution in [0.25, 0.3) is 71.0 Å². The average Bonchev–Trinajstić information content (AvgIpc) is 3.76. The number of fused-ring (bicyclic) bond motifs is 6. The lowest BCUT2D eigenvalue weighted by molar-refractivity contribution is 1.17. The van der Waals surface area contributed by atoms with Crippen LogP contribution in [0.2, 0.25) is 0 Å². The van der Waals surface area contributed by atoms with E-state index in [1.807, 2.05) is 18.2 Å². The maximum atomic E-state index is 10.3. The van der Waals surface area contributed by atoms with Gasteiger partial charge in [-0.3, -0.25) is 0 Å². The van der Waals surface area contributed by atoms with Gasteiger partial charge in [0.25, 0.3) is 0 Å². The van der Waals surface area contributed by atoms with Crippen molar-refractivity contribution in [1.29, 1.82) is 5.26 Å². The number of nitrogens with zero attached hydrogens (tertiary/aromatic N) is 5. The van der Waals surface area contributed by atoms with E-state index in [1.165, 1.54) is 16.3 Å². The van der Waals surface area contributed by atoms with Crippen molar-refractivity contribution in [3.63, 3.8) is 0 Å². The topological polar surface area (TPSA) is 41.2 Å². The van der Waals surface area contributed by atoms with Gasteiger partial charge >= 0.3 is 0 Å². The molecule has 0 saturated carbocycles. The van der Waals surface area contributed by atoms with E-state index >= 15 is 0 Å². The average molecular weight is 702 g/mol. The molecule has 0 spiro atoms. The molecular weight excluding hydrogens is 671 g/mol. The van der Waals surface area contributed by atoms with Crippen LogP contribution in [0.4, 0.5) is 22.7 Å².